The Morgan fingerprint density at radius 1 is 1.13 bits per heavy atom. The van der Waals surface area contributed by atoms with Crippen molar-refractivity contribution < 1.29 is 18.7 Å². The summed E-state index contributed by atoms with van der Waals surface area (Å²) in [6, 6.07) is 8.22. The highest BCUT2D eigenvalue weighted by atomic mass is 32.1. The van der Waals surface area contributed by atoms with Gasteiger partial charge in [0.2, 0.25) is 0 Å². The number of H-pyrrole nitrogens is 1. The maximum absolute atomic E-state index is 13.0. The number of carbonyl (C=O) groups is 2. The average molecular weight is 442 g/mol. The van der Waals surface area contributed by atoms with Crippen LogP contribution in [0.25, 0.3) is 10.9 Å². The van der Waals surface area contributed by atoms with E-state index < -0.39 is 0 Å². The molecule has 0 saturated carbocycles. The van der Waals surface area contributed by atoms with Gasteiger partial charge in [0, 0.05) is 38.9 Å². The summed E-state index contributed by atoms with van der Waals surface area (Å²) < 4.78 is 11.9. The van der Waals surface area contributed by atoms with Crippen LogP contribution < -0.4 is 5.56 Å². The van der Waals surface area contributed by atoms with Crippen molar-refractivity contribution in [3.05, 3.63) is 63.0 Å². The van der Waals surface area contributed by atoms with E-state index in [0.717, 1.165) is 0 Å². The smallest absolute Gasteiger partial charge is 0.289 e. The lowest BCUT2D eigenvalue weighted by Crippen LogP contribution is -2.50. The van der Waals surface area contributed by atoms with Crippen LogP contribution in [0.15, 0.2) is 45.8 Å². The maximum Gasteiger partial charge on any atom is 0.289 e. The van der Waals surface area contributed by atoms with Crippen molar-refractivity contribution in [1.29, 1.82) is 0 Å². The zero-order chi connectivity index (χ0) is 22.0. The van der Waals surface area contributed by atoms with E-state index >= 15 is 0 Å². The van der Waals surface area contributed by atoms with Crippen LogP contribution in [0.5, 0.6) is 0 Å². The number of hydrogen-bond acceptors (Lipinski definition) is 6. The zero-order valence-corrected chi connectivity index (χ0v) is 17.8. The van der Waals surface area contributed by atoms with E-state index in [-0.39, 0.29) is 22.1 Å². The molecule has 2 aromatic heterocycles. The van der Waals surface area contributed by atoms with Crippen molar-refractivity contribution >= 4 is 34.9 Å². The van der Waals surface area contributed by atoms with Crippen LogP contribution in [0.2, 0.25) is 0 Å². The van der Waals surface area contributed by atoms with Gasteiger partial charge in [0.25, 0.3) is 17.4 Å². The van der Waals surface area contributed by atoms with Crippen molar-refractivity contribution in [2.24, 2.45) is 0 Å². The number of amides is 2. The molecule has 0 aliphatic carbocycles. The van der Waals surface area contributed by atoms with Gasteiger partial charge in [-0.05, 0) is 42.5 Å². The number of carbonyl (C=O) groups excluding carboxylic acids is 2. The highest BCUT2D eigenvalue weighted by Gasteiger charge is 2.26. The summed E-state index contributed by atoms with van der Waals surface area (Å²) >= 11 is 5.30. The third kappa shape index (κ3) is 4.17. The van der Waals surface area contributed by atoms with Gasteiger partial charge in [-0.2, -0.15) is 0 Å². The van der Waals surface area contributed by atoms with Crippen LogP contribution in [-0.2, 0) is 11.3 Å². The van der Waals surface area contributed by atoms with Crippen LogP contribution in [-0.4, -0.2) is 71.1 Å². The van der Waals surface area contributed by atoms with Gasteiger partial charge in [0.05, 0.1) is 30.3 Å². The van der Waals surface area contributed by atoms with Crippen molar-refractivity contribution in [2.45, 2.75) is 6.54 Å². The van der Waals surface area contributed by atoms with Crippen molar-refractivity contribution in [3.8, 4) is 0 Å². The fraction of sp³-hybridized carbons (Fsp3) is 0.333. The second-order valence-electron chi connectivity index (χ2n) is 7.20. The predicted molar refractivity (Wildman–Crippen MR) is 116 cm³/mol. The SMILES string of the molecule is COCCn1c(=S)[nH]c2cc(C(=O)N3CCN(C(=O)c4ccco4)CC3)ccc2c1=O. The van der Waals surface area contributed by atoms with E-state index in [4.69, 9.17) is 21.4 Å². The first-order chi connectivity index (χ1) is 15.0. The van der Waals surface area contributed by atoms with E-state index in [1.807, 2.05) is 0 Å². The lowest BCUT2D eigenvalue weighted by molar-refractivity contribution is 0.0518. The third-order valence-electron chi connectivity index (χ3n) is 5.33. The van der Waals surface area contributed by atoms with Gasteiger partial charge in [-0.15, -0.1) is 0 Å². The van der Waals surface area contributed by atoms with E-state index in [2.05, 4.69) is 4.98 Å². The molecule has 1 saturated heterocycles. The topological polar surface area (TPSA) is 101 Å². The number of piperazine rings is 1. The summed E-state index contributed by atoms with van der Waals surface area (Å²) in [6.45, 7) is 2.39. The molecular formula is C21H22N4O5S. The number of fused-ring (bicyclic) bond motifs is 1. The second-order valence-corrected chi connectivity index (χ2v) is 7.59. The highest BCUT2D eigenvalue weighted by Crippen LogP contribution is 2.15. The Morgan fingerprint density at radius 2 is 1.84 bits per heavy atom. The molecule has 0 atom stereocenters. The van der Waals surface area contributed by atoms with Gasteiger partial charge < -0.3 is 23.9 Å². The van der Waals surface area contributed by atoms with Crippen molar-refractivity contribution in [3.63, 3.8) is 0 Å². The molecule has 1 fully saturated rings. The predicted octanol–water partition coefficient (Wildman–Crippen LogP) is 1.90. The standard InChI is InChI=1S/C21H22N4O5S/c1-29-12-10-25-19(27)15-5-4-14(13-16(15)22-21(25)31)18(26)23-6-8-24(9-7-23)20(28)17-3-2-11-30-17/h2-5,11,13H,6-10,12H2,1H3,(H,22,31). The molecule has 1 N–H and O–H groups in total. The van der Waals surface area contributed by atoms with Gasteiger partial charge in [-0.3, -0.25) is 19.0 Å². The van der Waals surface area contributed by atoms with Crippen molar-refractivity contribution in [1.82, 2.24) is 19.4 Å². The highest BCUT2D eigenvalue weighted by molar-refractivity contribution is 7.71. The molecule has 2 amide bonds. The molecule has 1 aromatic carbocycles. The van der Waals surface area contributed by atoms with Crippen molar-refractivity contribution in [2.75, 3.05) is 39.9 Å². The quantitative estimate of drug-likeness (QED) is 0.606. The minimum Gasteiger partial charge on any atom is -0.459 e. The van der Waals surface area contributed by atoms with Gasteiger partial charge in [-0.25, -0.2) is 0 Å². The number of furan rings is 1. The first kappa shape index (κ1) is 21.0. The Bertz CT molecular complexity index is 1220. The average Bonchev–Trinajstić information content (AvgIpc) is 3.33. The number of benzene rings is 1. The lowest BCUT2D eigenvalue weighted by Gasteiger charge is -2.34. The molecule has 10 heteroatoms. The first-order valence-corrected chi connectivity index (χ1v) is 10.3. The molecule has 0 radical (unpaired) electrons. The molecule has 1 aliphatic rings. The molecular weight excluding hydrogens is 420 g/mol. The third-order valence-corrected chi connectivity index (χ3v) is 5.66. The number of aromatic nitrogens is 2. The summed E-state index contributed by atoms with van der Waals surface area (Å²) in [7, 11) is 1.56. The number of rotatable bonds is 5. The fourth-order valence-electron chi connectivity index (χ4n) is 3.62. The normalized spacial score (nSPS) is 14.2. The van der Waals surface area contributed by atoms with E-state index in [9.17, 15) is 14.4 Å². The summed E-state index contributed by atoms with van der Waals surface area (Å²) in [5, 5.41) is 0.454. The number of ether oxygens (including phenoxy) is 1. The largest absolute Gasteiger partial charge is 0.459 e. The molecule has 9 nitrogen and oxygen atoms in total. The minimum atomic E-state index is -0.222. The summed E-state index contributed by atoms with van der Waals surface area (Å²) in [5.74, 6) is -0.0456. The zero-order valence-electron chi connectivity index (χ0n) is 17.0. The van der Waals surface area contributed by atoms with Crippen LogP contribution in [0.4, 0.5) is 0 Å². The van der Waals surface area contributed by atoms with E-state index in [1.165, 1.54) is 10.8 Å². The first-order valence-electron chi connectivity index (χ1n) is 9.87. The number of nitrogens with one attached hydrogen (secondary N) is 1. The molecule has 4 rings (SSSR count). The molecule has 162 valence electrons. The van der Waals surface area contributed by atoms with Gasteiger partial charge in [0.1, 0.15) is 0 Å². The van der Waals surface area contributed by atoms with E-state index in [0.29, 0.717) is 61.6 Å². The summed E-state index contributed by atoms with van der Waals surface area (Å²) in [6.07, 6.45) is 1.46. The minimum absolute atomic E-state index is 0.158. The molecule has 31 heavy (non-hydrogen) atoms. The fourth-order valence-corrected chi connectivity index (χ4v) is 3.91. The van der Waals surface area contributed by atoms with Gasteiger partial charge in [0.15, 0.2) is 10.5 Å². The Hall–Kier alpha value is -3.24. The second kappa shape index (κ2) is 8.86. The Balaban J connectivity index is 1.50. The van der Waals surface area contributed by atoms with E-state index in [1.54, 1.807) is 47.2 Å². The van der Waals surface area contributed by atoms with Crippen LogP contribution in [0.3, 0.4) is 0 Å². The number of nitrogens with zero attached hydrogens (tertiary/aromatic N) is 3. The molecule has 0 unspecified atom stereocenters. The Kier molecular flexibility index (Phi) is 6.01. The van der Waals surface area contributed by atoms with Crippen LogP contribution >= 0.6 is 12.2 Å². The monoisotopic (exact) mass is 442 g/mol. The van der Waals surface area contributed by atoms with Gasteiger partial charge >= 0.3 is 0 Å². The van der Waals surface area contributed by atoms with Crippen LogP contribution in [0, 0.1) is 4.77 Å². The van der Waals surface area contributed by atoms with Gasteiger partial charge in [-0.1, -0.05) is 0 Å². The Morgan fingerprint density at radius 3 is 2.48 bits per heavy atom. The molecule has 0 spiro atoms. The summed E-state index contributed by atoms with van der Waals surface area (Å²) in [4.78, 5) is 44.5. The molecule has 3 heterocycles. The molecule has 1 aliphatic heterocycles. The number of aromatic amines is 1. The van der Waals surface area contributed by atoms with Crippen LogP contribution in [0.1, 0.15) is 20.9 Å². The number of hydrogen-bond donors (Lipinski definition) is 1. The maximum atomic E-state index is 13.0. The summed E-state index contributed by atoms with van der Waals surface area (Å²) in [5.41, 5.74) is 0.749. The lowest BCUT2D eigenvalue weighted by atomic mass is 10.1. The number of methoxy groups -OCH3 is 1. The molecule has 0 bridgehead atoms. The molecule has 3 aromatic rings. The Labute approximate surface area is 182 Å².